The molecule has 0 unspecified atom stereocenters. The number of carbonyl (C=O) groups is 1. The Labute approximate surface area is 123 Å². The minimum atomic E-state index is -0.281. The summed E-state index contributed by atoms with van der Waals surface area (Å²) in [5.74, 6) is 0.844. The Kier molecular flexibility index (Phi) is 3.96. The second-order valence-electron chi connectivity index (χ2n) is 5.28. The fourth-order valence-corrected chi connectivity index (χ4v) is 2.71. The first-order chi connectivity index (χ1) is 10.2. The van der Waals surface area contributed by atoms with E-state index in [-0.39, 0.29) is 11.9 Å². The Morgan fingerprint density at radius 3 is 2.81 bits per heavy atom. The predicted molar refractivity (Wildman–Crippen MR) is 76.2 cm³/mol. The predicted octanol–water partition coefficient (Wildman–Crippen LogP) is 1.11. The number of aromatic nitrogens is 2. The normalized spacial score (nSPS) is 19.0. The summed E-state index contributed by atoms with van der Waals surface area (Å²) < 4.78 is 5.66. The van der Waals surface area contributed by atoms with Gasteiger partial charge in [0, 0.05) is 0 Å². The van der Waals surface area contributed by atoms with E-state index < -0.39 is 0 Å². The number of nitrogens with two attached hydrogens (primary N) is 1. The monoisotopic (exact) mass is 286 g/mol. The maximum absolute atomic E-state index is 11.4. The molecule has 1 atom stereocenters. The second kappa shape index (κ2) is 6.05. The lowest BCUT2D eigenvalue weighted by Crippen LogP contribution is -2.39. The molecule has 6 nitrogen and oxygen atoms in total. The van der Waals surface area contributed by atoms with E-state index in [4.69, 9.17) is 10.2 Å². The fourth-order valence-electron chi connectivity index (χ4n) is 2.71. The molecule has 1 aromatic carbocycles. The molecule has 2 heterocycles. The van der Waals surface area contributed by atoms with E-state index in [1.165, 1.54) is 0 Å². The lowest BCUT2D eigenvalue weighted by Gasteiger charge is -2.19. The molecule has 0 spiro atoms. The van der Waals surface area contributed by atoms with Gasteiger partial charge in [-0.05, 0) is 24.9 Å². The average molecular weight is 286 g/mol. The van der Waals surface area contributed by atoms with Gasteiger partial charge in [0.05, 0.1) is 19.0 Å². The van der Waals surface area contributed by atoms with Crippen molar-refractivity contribution in [3.63, 3.8) is 0 Å². The van der Waals surface area contributed by atoms with Crippen molar-refractivity contribution in [1.82, 2.24) is 15.1 Å². The number of carbonyl (C=O) groups excluding carboxylic acids is 1. The lowest BCUT2D eigenvalue weighted by molar-refractivity contribution is -0.122. The minimum Gasteiger partial charge on any atom is -0.424 e. The van der Waals surface area contributed by atoms with Gasteiger partial charge in [0.1, 0.15) is 0 Å². The van der Waals surface area contributed by atoms with Gasteiger partial charge in [0.15, 0.2) is 0 Å². The lowest BCUT2D eigenvalue weighted by atomic mass is 10.2. The first-order valence-corrected chi connectivity index (χ1v) is 7.11. The largest absolute Gasteiger partial charge is 0.424 e. The standard InChI is InChI=1S/C15H18N4O2/c16-15(20)12-7-4-8-19(12)10-14-18-17-13(21-14)9-11-5-2-1-3-6-11/h1-3,5-6,12H,4,7-10H2,(H2,16,20)/t12-/m0/s1. The maximum atomic E-state index is 11.4. The third-order valence-electron chi connectivity index (χ3n) is 3.74. The van der Waals surface area contributed by atoms with Gasteiger partial charge in [-0.1, -0.05) is 30.3 Å². The zero-order chi connectivity index (χ0) is 14.7. The quantitative estimate of drug-likeness (QED) is 0.890. The molecule has 0 saturated carbocycles. The third kappa shape index (κ3) is 3.28. The first kappa shape index (κ1) is 13.8. The van der Waals surface area contributed by atoms with Crippen molar-refractivity contribution >= 4 is 5.91 Å². The van der Waals surface area contributed by atoms with Crippen molar-refractivity contribution in [2.24, 2.45) is 5.73 Å². The molecule has 110 valence electrons. The number of likely N-dealkylation sites (tertiary alicyclic amines) is 1. The maximum Gasteiger partial charge on any atom is 0.234 e. The van der Waals surface area contributed by atoms with Gasteiger partial charge in [-0.15, -0.1) is 10.2 Å². The van der Waals surface area contributed by atoms with Crippen molar-refractivity contribution < 1.29 is 9.21 Å². The third-order valence-corrected chi connectivity index (χ3v) is 3.74. The van der Waals surface area contributed by atoms with Crippen LogP contribution in [0.2, 0.25) is 0 Å². The Hall–Kier alpha value is -2.21. The number of primary amides is 1. The molecule has 1 fully saturated rings. The Morgan fingerprint density at radius 1 is 1.29 bits per heavy atom. The molecule has 1 aliphatic rings. The van der Waals surface area contributed by atoms with Crippen LogP contribution in [0.3, 0.4) is 0 Å². The summed E-state index contributed by atoms with van der Waals surface area (Å²) >= 11 is 0. The van der Waals surface area contributed by atoms with Crippen molar-refractivity contribution in [3.8, 4) is 0 Å². The Balaban J connectivity index is 1.64. The molecular formula is C15H18N4O2. The number of rotatable bonds is 5. The molecule has 21 heavy (non-hydrogen) atoms. The topological polar surface area (TPSA) is 85.3 Å². The minimum absolute atomic E-state index is 0.213. The van der Waals surface area contributed by atoms with E-state index in [1.807, 2.05) is 35.2 Å². The molecular weight excluding hydrogens is 268 g/mol. The Bertz CT molecular complexity index is 611. The van der Waals surface area contributed by atoms with Gasteiger partial charge in [-0.25, -0.2) is 0 Å². The SMILES string of the molecule is NC(=O)[C@@H]1CCCN1Cc1nnc(Cc2ccccc2)o1. The highest BCUT2D eigenvalue weighted by atomic mass is 16.4. The van der Waals surface area contributed by atoms with Gasteiger partial charge in [0.25, 0.3) is 0 Å². The summed E-state index contributed by atoms with van der Waals surface area (Å²) in [5, 5.41) is 8.12. The van der Waals surface area contributed by atoms with Crippen LogP contribution in [0.15, 0.2) is 34.7 Å². The van der Waals surface area contributed by atoms with E-state index in [0.717, 1.165) is 24.9 Å². The summed E-state index contributed by atoms with van der Waals surface area (Å²) in [5.41, 5.74) is 6.53. The van der Waals surface area contributed by atoms with Crippen LogP contribution < -0.4 is 5.73 Å². The highest BCUT2D eigenvalue weighted by molar-refractivity contribution is 5.80. The summed E-state index contributed by atoms with van der Waals surface area (Å²) in [6, 6.07) is 9.76. The van der Waals surface area contributed by atoms with Crippen LogP contribution in [0.5, 0.6) is 0 Å². The van der Waals surface area contributed by atoms with Gasteiger partial charge >= 0.3 is 0 Å². The zero-order valence-corrected chi connectivity index (χ0v) is 11.7. The van der Waals surface area contributed by atoms with Crippen LogP contribution in [0.1, 0.15) is 30.2 Å². The molecule has 1 saturated heterocycles. The molecule has 0 bridgehead atoms. The van der Waals surface area contributed by atoms with Crippen molar-refractivity contribution in [3.05, 3.63) is 47.7 Å². The number of hydrogen-bond donors (Lipinski definition) is 1. The van der Waals surface area contributed by atoms with Crippen LogP contribution in [0, 0.1) is 0 Å². The van der Waals surface area contributed by atoms with Crippen LogP contribution >= 0.6 is 0 Å². The number of benzene rings is 1. The van der Waals surface area contributed by atoms with Gasteiger partial charge in [-0.2, -0.15) is 0 Å². The summed E-state index contributed by atoms with van der Waals surface area (Å²) in [7, 11) is 0. The van der Waals surface area contributed by atoms with E-state index in [9.17, 15) is 4.79 Å². The van der Waals surface area contributed by atoms with Crippen molar-refractivity contribution in [2.75, 3.05) is 6.54 Å². The van der Waals surface area contributed by atoms with Crippen LogP contribution in [-0.2, 0) is 17.8 Å². The zero-order valence-electron chi connectivity index (χ0n) is 11.7. The highest BCUT2D eigenvalue weighted by Gasteiger charge is 2.30. The molecule has 1 amide bonds. The summed E-state index contributed by atoms with van der Waals surface area (Å²) in [6.07, 6.45) is 2.39. The second-order valence-corrected chi connectivity index (χ2v) is 5.28. The fraction of sp³-hybridized carbons (Fsp3) is 0.400. The molecule has 0 radical (unpaired) electrons. The molecule has 2 aromatic rings. The molecule has 1 aliphatic heterocycles. The number of hydrogen-bond acceptors (Lipinski definition) is 5. The number of nitrogens with zero attached hydrogens (tertiary/aromatic N) is 3. The molecule has 6 heteroatoms. The van der Waals surface area contributed by atoms with Gasteiger partial charge in [-0.3, -0.25) is 9.69 Å². The smallest absolute Gasteiger partial charge is 0.234 e. The number of amides is 1. The van der Waals surface area contributed by atoms with E-state index in [0.29, 0.717) is 24.7 Å². The van der Waals surface area contributed by atoms with Crippen LogP contribution in [0.4, 0.5) is 0 Å². The average Bonchev–Trinajstić information content (AvgIpc) is 3.10. The van der Waals surface area contributed by atoms with Crippen molar-refractivity contribution in [2.45, 2.75) is 31.8 Å². The Morgan fingerprint density at radius 2 is 2.05 bits per heavy atom. The molecule has 2 N–H and O–H groups in total. The van der Waals surface area contributed by atoms with E-state index in [1.54, 1.807) is 0 Å². The first-order valence-electron chi connectivity index (χ1n) is 7.11. The van der Waals surface area contributed by atoms with Gasteiger partial charge < -0.3 is 10.2 Å². The van der Waals surface area contributed by atoms with Crippen molar-refractivity contribution in [1.29, 1.82) is 0 Å². The molecule has 3 rings (SSSR count). The highest BCUT2D eigenvalue weighted by Crippen LogP contribution is 2.19. The van der Waals surface area contributed by atoms with Crippen LogP contribution in [0.25, 0.3) is 0 Å². The molecule has 1 aromatic heterocycles. The van der Waals surface area contributed by atoms with Crippen LogP contribution in [-0.4, -0.2) is 33.6 Å². The van der Waals surface area contributed by atoms with E-state index >= 15 is 0 Å². The van der Waals surface area contributed by atoms with E-state index in [2.05, 4.69) is 10.2 Å². The molecule has 0 aliphatic carbocycles. The summed E-state index contributed by atoms with van der Waals surface area (Å²) in [6.45, 7) is 1.32. The summed E-state index contributed by atoms with van der Waals surface area (Å²) in [4.78, 5) is 13.4. The van der Waals surface area contributed by atoms with Gasteiger partial charge in [0.2, 0.25) is 17.7 Å².